The summed E-state index contributed by atoms with van der Waals surface area (Å²) in [6.45, 7) is 6.92. The van der Waals surface area contributed by atoms with E-state index in [0.29, 0.717) is 6.04 Å². The van der Waals surface area contributed by atoms with Crippen molar-refractivity contribution in [2.24, 2.45) is 5.92 Å². The molecule has 3 heteroatoms. The maximum atomic E-state index is 3.22. The summed E-state index contributed by atoms with van der Waals surface area (Å²) in [5.74, 6) is 2.01. The van der Waals surface area contributed by atoms with Crippen LogP contribution < -0.4 is 5.32 Å². The molecule has 0 aliphatic heterocycles. The van der Waals surface area contributed by atoms with Gasteiger partial charge in [0.15, 0.2) is 0 Å². The first kappa shape index (κ1) is 14.3. The molecule has 0 spiro atoms. The summed E-state index contributed by atoms with van der Waals surface area (Å²) in [6, 6.07) is 0.710. The largest absolute Gasteiger partial charge is 0.319 e. The van der Waals surface area contributed by atoms with E-state index in [1.807, 2.05) is 18.8 Å². The highest BCUT2D eigenvalue weighted by Crippen LogP contribution is 2.08. The van der Waals surface area contributed by atoms with Gasteiger partial charge in [-0.1, -0.05) is 6.92 Å². The van der Waals surface area contributed by atoms with Crippen LogP contribution in [0.4, 0.5) is 0 Å². The van der Waals surface area contributed by atoms with Gasteiger partial charge >= 0.3 is 0 Å². The van der Waals surface area contributed by atoms with Crippen LogP contribution in [-0.2, 0) is 0 Å². The Morgan fingerprint density at radius 1 is 1.36 bits per heavy atom. The third-order valence-corrected chi connectivity index (χ3v) is 3.29. The zero-order valence-electron chi connectivity index (χ0n) is 10.3. The molecule has 2 nitrogen and oxygen atoms in total. The molecular formula is C11H26N2S. The maximum absolute atomic E-state index is 3.22. The van der Waals surface area contributed by atoms with E-state index in [0.717, 1.165) is 12.5 Å². The number of hydrogen-bond donors (Lipinski definition) is 1. The minimum absolute atomic E-state index is 0.710. The van der Waals surface area contributed by atoms with Crippen LogP contribution in [0.3, 0.4) is 0 Å². The fraction of sp³-hybridized carbons (Fsp3) is 1.00. The molecule has 0 aliphatic carbocycles. The van der Waals surface area contributed by atoms with Crippen molar-refractivity contribution in [1.82, 2.24) is 10.2 Å². The molecule has 1 N–H and O–H groups in total. The van der Waals surface area contributed by atoms with Crippen molar-refractivity contribution in [3.05, 3.63) is 0 Å². The van der Waals surface area contributed by atoms with Crippen molar-refractivity contribution in [2.45, 2.75) is 26.3 Å². The van der Waals surface area contributed by atoms with Gasteiger partial charge in [-0.3, -0.25) is 0 Å². The van der Waals surface area contributed by atoms with Crippen LogP contribution in [-0.4, -0.2) is 50.1 Å². The second-order valence-corrected chi connectivity index (χ2v) is 5.22. The SMILES string of the molecule is CNCC(C)CN(C)C(C)CCSC. The van der Waals surface area contributed by atoms with Crippen molar-refractivity contribution in [3.8, 4) is 0 Å². The van der Waals surface area contributed by atoms with Gasteiger partial charge in [0.2, 0.25) is 0 Å². The quantitative estimate of drug-likeness (QED) is 0.670. The summed E-state index contributed by atoms with van der Waals surface area (Å²) >= 11 is 1.94. The Hall–Kier alpha value is 0.270. The predicted molar refractivity (Wildman–Crippen MR) is 68.2 cm³/mol. The van der Waals surface area contributed by atoms with Gasteiger partial charge in [-0.25, -0.2) is 0 Å². The highest BCUT2D eigenvalue weighted by Gasteiger charge is 2.11. The van der Waals surface area contributed by atoms with E-state index in [1.165, 1.54) is 18.7 Å². The molecule has 0 saturated heterocycles. The van der Waals surface area contributed by atoms with Crippen molar-refractivity contribution < 1.29 is 0 Å². The third-order valence-electron chi connectivity index (χ3n) is 2.64. The lowest BCUT2D eigenvalue weighted by Crippen LogP contribution is -2.35. The van der Waals surface area contributed by atoms with Gasteiger partial charge in [-0.05, 0) is 51.9 Å². The molecule has 2 atom stereocenters. The van der Waals surface area contributed by atoms with Gasteiger partial charge in [0.05, 0.1) is 0 Å². The third kappa shape index (κ3) is 6.68. The van der Waals surface area contributed by atoms with Gasteiger partial charge < -0.3 is 10.2 Å². The van der Waals surface area contributed by atoms with E-state index in [9.17, 15) is 0 Å². The summed E-state index contributed by atoms with van der Waals surface area (Å²) in [5.41, 5.74) is 0. The minimum atomic E-state index is 0.710. The average Bonchev–Trinajstić information content (AvgIpc) is 2.14. The number of nitrogens with one attached hydrogen (secondary N) is 1. The first-order valence-electron chi connectivity index (χ1n) is 5.45. The average molecular weight is 218 g/mol. The number of thioether (sulfide) groups is 1. The molecule has 0 aromatic rings. The van der Waals surface area contributed by atoms with Crippen molar-refractivity contribution in [3.63, 3.8) is 0 Å². The van der Waals surface area contributed by atoms with E-state index in [4.69, 9.17) is 0 Å². The Labute approximate surface area is 93.8 Å². The zero-order chi connectivity index (χ0) is 11.0. The molecule has 0 aromatic heterocycles. The van der Waals surface area contributed by atoms with E-state index in [2.05, 4.69) is 37.4 Å². The first-order chi connectivity index (χ1) is 6.61. The lowest BCUT2D eigenvalue weighted by atomic mass is 10.1. The molecule has 0 rings (SSSR count). The van der Waals surface area contributed by atoms with Gasteiger partial charge in [-0.2, -0.15) is 11.8 Å². The van der Waals surface area contributed by atoms with E-state index >= 15 is 0 Å². The Morgan fingerprint density at radius 3 is 2.50 bits per heavy atom. The van der Waals surface area contributed by atoms with Crippen LogP contribution in [0.2, 0.25) is 0 Å². The van der Waals surface area contributed by atoms with E-state index in [-0.39, 0.29) is 0 Å². The van der Waals surface area contributed by atoms with Crippen molar-refractivity contribution in [1.29, 1.82) is 0 Å². The Kier molecular flexibility index (Phi) is 8.73. The molecule has 0 heterocycles. The minimum Gasteiger partial charge on any atom is -0.319 e. The second kappa shape index (κ2) is 8.57. The normalized spacial score (nSPS) is 15.9. The van der Waals surface area contributed by atoms with Gasteiger partial charge in [0.1, 0.15) is 0 Å². The molecule has 14 heavy (non-hydrogen) atoms. The number of nitrogens with zero attached hydrogens (tertiary/aromatic N) is 1. The van der Waals surface area contributed by atoms with Gasteiger partial charge in [-0.15, -0.1) is 0 Å². The first-order valence-corrected chi connectivity index (χ1v) is 6.85. The van der Waals surface area contributed by atoms with Crippen LogP contribution in [0.25, 0.3) is 0 Å². The van der Waals surface area contributed by atoms with Gasteiger partial charge in [0, 0.05) is 12.6 Å². The standard InChI is InChI=1S/C11H26N2S/c1-10(8-12-3)9-13(4)11(2)6-7-14-5/h10-12H,6-9H2,1-5H3. The number of hydrogen-bond acceptors (Lipinski definition) is 3. The maximum Gasteiger partial charge on any atom is 0.00718 e. The van der Waals surface area contributed by atoms with Crippen LogP contribution in [0, 0.1) is 5.92 Å². The monoisotopic (exact) mass is 218 g/mol. The fourth-order valence-electron chi connectivity index (χ4n) is 1.59. The highest BCUT2D eigenvalue weighted by atomic mass is 32.2. The molecule has 0 amide bonds. The molecule has 0 radical (unpaired) electrons. The highest BCUT2D eigenvalue weighted by molar-refractivity contribution is 7.98. The molecule has 0 aromatic carbocycles. The van der Waals surface area contributed by atoms with Crippen LogP contribution in [0.15, 0.2) is 0 Å². The summed E-state index contributed by atoms with van der Waals surface area (Å²) in [4.78, 5) is 2.47. The van der Waals surface area contributed by atoms with Crippen LogP contribution in [0.1, 0.15) is 20.3 Å². The lowest BCUT2D eigenvalue weighted by molar-refractivity contribution is 0.219. The lowest BCUT2D eigenvalue weighted by Gasteiger charge is -2.27. The van der Waals surface area contributed by atoms with E-state index < -0.39 is 0 Å². The molecular weight excluding hydrogens is 192 g/mol. The van der Waals surface area contributed by atoms with Gasteiger partial charge in [0.25, 0.3) is 0 Å². The predicted octanol–water partition coefficient (Wildman–Crippen LogP) is 1.92. The second-order valence-electron chi connectivity index (χ2n) is 4.23. The Bertz CT molecular complexity index is 130. The number of rotatable bonds is 8. The summed E-state index contributed by atoms with van der Waals surface area (Å²) in [6.07, 6.45) is 3.47. The van der Waals surface area contributed by atoms with Crippen molar-refractivity contribution in [2.75, 3.05) is 39.2 Å². The molecule has 0 saturated carbocycles. The van der Waals surface area contributed by atoms with Crippen LogP contribution >= 0.6 is 11.8 Å². The topological polar surface area (TPSA) is 15.3 Å². The molecule has 2 unspecified atom stereocenters. The molecule has 0 bridgehead atoms. The fourth-order valence-corrected chi connectivity index (χ4v) is 2.17. The Morgan fingerprint density at radius 2 is 2.00 bits per heavy atom. The molecule has 0 fully saturated rings. The summed E-state index contributed by atoms with van der Waals surface area (Å²) < 4.78 is 0. The molecule has 0 aliphatic rings. The van der Waals surface area contributed by atoms with E-state index in [1.54, 1.807) is 0 Å². The molecule has 86 valence electrons. The Balaban J connectivity index is 3.64. The summed E-state index contributed by atoms with van der Waals surface area (Å²) in [5, 5.41) is 3.22. The van der Waals surface area contributed by atoms with Crippen molar-refractivity contribution >= 4 is 11.8 Å². The smallest absolute Gasteiger partial charge is 0.00718 e. The zero-order valence-corrected chi connectivity index (χ0v) is 11.2. The van der Waals surface area contributed by atoms with Crippen LogP contribution in [0.5, 0.6) is 0 Å². The summed E-state index contributed by atoms with van der Waals surface area (Å²) in [7, 11) is 4.25.